The Balaban J connectivity index is 1.95. The van der Waals surface area contributed by atoms with Crippen LogP contribution < -0.4 is 10.1 Å². The van der Waals surface area contributed by atoms with Crippen molar-refractivity contribution in [3.05, 3.63) is 29.8 Å². The highest BCUT2D eigenvalue weighted by Crippen LogP contribution is 2.19. The topological polar surface area (TPSA) is 79.0 Å². The summed E-state index contributed by atoms with van der Waals surface area (Å²) in [6.07, 6.45) is 1.18. The third-order valence-electron chi connectivity index (χ3n) is 3.93. The van der Waals surface area contributed by atoms with Crippen molar-refractivity contribution in [2.45, 2.75) is 18.9 Å². The van der Waals surface area contributed by atoms with E-state index < -0.39 is 10.2 Å². The molecule has 1 aromatic carbocycles. The van der Waals surface area contributed by atoms with Gasteiger partial charge in [0.1, 0.15) is 5.75 Å². The van der Waals surface area contributed by atoms with Crippen LogP contribution in [-0.4, -0.2) is 63.3 Å². The molecular formula is C15H23N3O4S. The molecule has 0 bridgehead atoms. The summed E-state index contributed by atoms with van der Waals surface area (Å²) in [5.74, 6) is 0.328. The van der Waals surface area contributed by atoms with E-state index in [1.165, 1.54) is 29.8 Å². The molecule has 0 radical (unpaired) electrons. The molecule has 0 aliphatic carbocycles. The summed E-state index contributed by atoms with van der Waals surface area (Å²) in [4.78, 5) is 12.3. The maximum atomic E-state index is 12.3. The number of nitrogens with one attached hydrogen (secondary N) is 1. The van der Waals surface area contributed by atoms with Gasteiger partial charge in [-0.15, -0.1) is 0 Å². The zero-order chi connectivity index (χ0) is 17.0. The Labute approximate surface area is 137 Å². The van der Waals surface area contributed by atoms with Gasteiger partial charge in [-0.2, -0.15) is 17.0 Å². The smallest absolute Gasteiger partial charge is 0.281 e. The van der Waals surface area contributed by atoms with Gasteiger partial charge in [-0.1, -0.05) is 12.1 Å². The second kappa shape index (κ2) is 7.29. The molecule has 1 saturated heterocycles. The van der Waals surface area contributed by atoms with E-state index in [1.807, 2.05) is 0 Å². The van der Waals surface area contributed by atoms with Crippen molar-refractivity contribution in [2.24, 2.45) is 0 Å². The molecule has 7 nitrogen and oxygen atoms in total. The molecule has 0 aromatic heterocycles. The Morgan fingerprint density at radius 1 is 1.26 bits per heavy atom. The number of hydrogen-bond donors (Lipinski definition) is 1. The molecule has 1 fully saturated rings. The van der Waals surface area contributed by atoms with E-state index in [1.54, 1.807) is 24.3 Å². The third kappa shape index (κ3) is 4.01. The molecule has 2 rings (SSSR count). The molecule has 1 aromatic rings. The fourth-order valence-electron chi connectivity index (χ4n) is 2.56. The molecule has 128 valence electrons. The average molecular weight is 341 g/mol. The lowest BCUT2D eigenvalue weighted by atomic mass is 10.1. The van der Waals surface area contributed by atoms with E-state index in [4.69, 9.17) is 4.74 Å². The predicted molar refractivity (Wildman–Crippen MR) is 87.7 cm³/mol. The molecule has 1 N–H and O–H groups in total. The number of benzene rings is 1. The Kier molecular flexibility index (Phi) is 5.61. The first kappa shape index (κ1) is 17.7. The van der Waals surface area contributed by atoms with E-state index in [-0.39, 0.29) is 11.9 Å². The molecule has 8 heteroatoms. The van der Waals surface area contributed by atoms with Crippen molar-refractivity contribution in [1.82, 2.24) is 13.9 Å². The minimum Gasteiger partial charge on any atom is -0.496 e. The highest BCUT2D eigenvalue weighted by Gasteiger charge is 2.30. The number of carbonyl (C=O) groups is 1. The first-order valence-electron chi connectivity index (χ1n) is 7.47. The molecule has 0 unspecified atom stereocenters. The molecule has 0 spiro atoms. The van der Waals surface area contributed by atoms with Crippen LogP contribution in [0.4, 0.5) is 0 Å². The lowest BCUT2D eigenvalue weighted by Crippen LogP contribution is -2.49. The molecule has 0 atom stereocenters. The van der Waals surface area contributed by atoms with Crippen molar-refractivity contribution in [3.63, 3.8) is 0 Å². The first-order chi connectivity index (χ1) is 10.9. The van der Waals surface area contributed by atoms with E-state index in [9.17, 15) is 13.2 Å². The van der Waals surface area contributed by atoms with Crippen LogP contribution in [-0.2, 0) is 10.2 Å². The van der Waals surface area contributed by atoms with E-state index in [0.29, 0.717) is 37.2 Å². The second-order valence-corrected chi connectivity index (χ2v) is 7.78. The minimum atomic E-state index is -3.38. The van der Waals surface area contributed by atoms with Gasteiger partial charge < -0.3 is 10.1 Å². The largest absolute Gasteiger partial charge is 0.496 e. The summed E-state index contributed by atoms with van der Waals surface area (Å²) >= 11 is 0. The predicted octanol–water partition coefficient (Wildman–Crippen LogP) is 0.696. The lowest BCUT2D eigenvalue weighted by Gasteiger charge is -2.33. The van der Waals surface area contributed by atoms with Gasteiger partial charge >= 0.3 is 0 Å². The van der Waals surface area contributed by atoms with Crippen molar-refractivity contribution < 1.29 is 17.9 Å². The van der Waals surface area contributed by atoms with E-state index >= 15 is 0 Å². The summed E-state index contributed by atoms with van der Waals surface area (Å²) < 4.78 is 32.0. The lowest BCUT2D eigenvalue weighted by molar-refractivity contribution is 0.0920. The standard InChI is InChI=1S/C15H23N3O4S/c1-17(2)23(20,21)18-10-8-12(9-11-18)16-15(19)13-6-4-5-7-14(13)22-3/h4-7,12H,8-11H2,1-3H3,(H,16,19). The molecule has 23 heavy (non-hydrogen) atoms. The Morgan fingerprint density at radius 3 is 2.43 bits per heavy atom. The van der Waals surface area contributed by atoms with E-state index in [0.717, 1.165) is 0 Å². The van der Waals surface area contributed by atoms with Crippen molar-refractivity contribution in [2.75, 3.05) is 34.3 Å². The summed E-state index contributed by atoms with van der Waals surface area (Å²) in [6.45, 7) is 0.800. The van der Waals surface area contributed by atoms with Gasteiger partial charge in [0.25, 0.3) is 16.1 Å². The van der Waals surface area contributed by atoms with Crippen LogP contribution in [0.15, 0.2) is 24.3 Å². The summed E-state index contributed by atoms with van der Waals surface area (Å²) in [6, 6.07) is 6.99. The fraction of sp³-hybridized carbons (Fsp3) is 0.533. The van der Waals surface area contributed by atoms with Crippen LogP contribution in [0.1, 0.15) is 23.2 Å². The first-order valence-corrected chi connectivity index (χ1v) is 8.87. The summed E-state index contributed by atoms with van der Waals surface area (Å²) in [5, 5.41) is 2.96. The van der Waals surface area contributed by atoms with Gasteiger partial charge in [0.15, 0.2) is 0 Å². The number of piperidine rings is 1. The van der Waals surface area contributed by atoms with Crippen LogP contribution in [0.3, 0.4) is 0 Å². The Hall–Kier alpha value is -1.64. The van der Waals surface area contributed by atoms with Gasteiger partial charge in [-0.05, 0) is 25.0 Å². The zero-order valence-corrected chi connectivity index (χ0v) is 14.5. The number of nitrogens with zero attached hydrogens (tertiary/aromatic N) is 2. The highest BCUT2D eigenvalue weighted by atomic mass is 32.2. The number of carbonyl (C=O) groups excluding carboxylic acids is 1. The van der Waals surface area contributed by atoms with Crippen LogP contribution >= 0.6 is 0 Å². The van der Waals surface area contributed by atoms with Gasteiger partial charge in [0.05, 0.1) is 12.7 Å². The number of para-hydroxylation sites is 1. The quantitative estimate of drug-likeness (QED) is 0.855. The van der Waals surface area contributed by atoms with Crippen molar-refractivity contribution in [1.29, 1.82) is 0 Å². The minimum absolute atomic E-state index is 0.0407. The van der Waals surface area contributed by atoms with Gasteiger partial charge in [0, 0.05) is 33.2 Å². The summed E-state index contributed by atoms with van der Waals surface area (Å²) in [5.41, 5.74) is 0.485. The maximum Gasteiger partial charge on any atom is 0.281 e. The Bertz CT molecular complexity index is 652. The maximum absolute atomic E-state index is 12.3. The fourth-order valence-corrected chi connectivity index (χ4v) is 3.69. The van der Waals surface area contributed by atoms with Crippen molar-refractivity contribution in [3.8, 4) is 5.75 Å². The molecule has 1 aliphatic rings. The summed E-state index contributed by atoms with van der Waals surface area (Å²) in [7, 11) is 1.18. The number of rotatable bonds is 5. The third-order valence-corrected chi connectivity index (χ3v) is 5.87. The van der Waals surface area contributed by atoms with Gasteiger partial charge in [0.2, 0.25) is 0 Å². The molecule has 0 saturated carbocycles. The molecule has 1 amide bonds. The molecule has 1 heterocycles. The zero-order valence-electron chi connectivity index (χ0n) is 13.7. The van der Waals surface area contributed by atoms with Crippen LogP contribution in [0.25, 0.3) is 0 Å². The van der Waals surface area contributed by atoms with Gasteiger partial charge in [-0.3, -0.25) is 4.79 Å². The Morgan fingerprint density at radius 2 is 1.87 bits per heavy atom. The highest BCUT2D eigenvalue weighted by molar-refractivity contribution is 7.86. The van der Waals surface area contributed by atoms with Crippen LogP contribution in [0, 0.1) is 0 Å². The molecular weight excluding hydrogens is 318 g/mol. The number of methoxy groups -OCH3 is 1. The molecule has 1 aliphatic heterocycles. The number of amides is 1. The van der Waals surface area contributed by atoms with Crippen molar-refractivity contribution >= 4 is 16.1 Å². The number of hydrogen-bond acceptors (Lipinski definition) is 4. The number of ether oxygens (including phenoxy) is 1. The average Bonchev–Trinajstić information content (AvgIpc) is 2.55. The van der Waals surface area contributed by atoms with Crippen LogP contribution in [0.5, 0.6) is 5.75 Å². The van der Waals surface area contributed by atoms with Gasteiger partial charge in [-0.25, -0.2) is 0 Å². The second-order valence-electron chi connectivity index (χ2n) is 5.64. The SMILES string of the molecule is COc1ccccc1C(=O)NC1CCN(S(=O)(=O)N(C)C)CC1. The monoisotopic (exact) mass is 341 g/mol. The van der Waals surface area contributed by atoms with Crippen LogP contribution in [0.2, 0.25) is 0 Å². The van der Waals surface area contributed by atoms with E-state index in [2.05, 4.69) is 5.32 Å². The normalized spacial score (nSPS) is 17.2.